The number of fused-ring (bicyclic) bond motifs is 2. The number of amides is 1. The number of para-hydroxylation sites is 1. The van der Waals surface area contributed by atoms with Crippen LogP contribution in [0.4, 0.5) is 4.79 Å². The third-order valence-electron chi connectivity index (χ3n) is 8.15. The van der Waals surface area contributed by atoms with E-state index >= 15 is 0 Å². The number of rotatable bonds is 6. The summed E-state index contributed by atoms with van der Waals surface area (Å²) in [7, 11) is 0. The van der Waals surface area contributed by atoms with Gasteiger partial charge in [0.25, 0.3) is 11.4 Å². The number of H-pyrrole nitrogens is 2. The molecule has 6 rings (SSSR count). The fraction of sp³-hybridized carbons (Fsp3) is 0.333. The molecule has 216 valence electrons. The number of benzene rings is 2. The van der Waals surface area contributed by atoms with E-state index in [2.05, 4.69) is 25.3 Å². The van der Waals surface area contributed by atoms with Crippen molar-refractivity contribution in [2.24, 2.45) is 0 Å². The Balaban J connectivity index is 1.40. The summed E-state index contributed by atoms with van der Waals surface area (Å²) in [5.74, 6) is -1.25. The van der Waals surface area contributed by atoms with Crippen molar-refractivity contribution in [3.05, 3.63) is 81.5 Å². The van der Waals surface area contributed by atoms with Gasteiger partial charge in [0.2, 0.25) is 0 Å². The number of nitrogens with one attached hydrogen (secondary N) is 2. The van der Waals surface area contributed by atoms with Crippen LogP contribution in [0.2, 0.25) is 0 Å². The number of likely N-dealkylation sites (tertiary alicyclic amines) is 1. The zero-order valence-corrected chi connectivity index (χ0v) is 23.5. The Bertz CT molecular complexity index is 1860. The highest BCUT2D eigenvalue weighted by molar-refractivity contribution is 5.85. The van der Waals surface area contributed by atoms with Crippen molar-refractivity contribution in [3.8, 4) is 6.08 Å². The lowest BCUT2D eigenvalue weighted by Crippen LogP contribution is -2.55. The van der Waals surface area contributed by atoms with Crippen molar-refractivity contribution in [2.75, 3.05) is 13.2 Å². The van der Waals surface area contributed by atoms with Gasteiger partial charge in [0, 0.05) is 23.0 Å². The second kappa shape index (κ2) is 10.8. The first kappa shape index (κ1) is 27.2. The number of hydrogen-bond acceptors (Lipinski definition) is 9. The van der Waals surface area contributed by atoms with Gasteiger partial charge in [0.1, 0.15) is 0 Å². The fourth-order valence-electron chi connectivity index (χ4n) is 6.09. The number of nitrogens with zero attached hydrogens (tertiary/aromatic N) is 4. The molecule has 3 aromatic heterocycles. The average Bonchev–Trinajstić information content (AvgIpc) is 3.67. The largest absolute Gasteiger partial charge is 0.460 e. The summed E-state index contributed by atoms with van der Waals surface area (Å²) in [6.07, 6.45) is 2.13. The summed E-state index contributed by atoms with van der Waals surface area (Å²) in [5.41, 5.74) is 3.25. The molecule has 12 nitrogen and oxygen atoms in total. The number of aromatic nitrogens is 5. The normalized spacial score (nSPS) is 18.8. The number of piperidine rings is 1. The van der Waals surface area contributed by atoms with E-state index in [1.807, 2.05) is 56.3 Å². The van der Waals surface area contributed by atoms with Gasteiger partial charge in [-0.05, 0) is 78.9 Å². The topological polar surface area (TPSA) is 156 Å². The van der Waals surface area contributed by atoms with E-state index in [4.69, 9.17) is 14.0 Å². The fourth-order valence-corrected chi connectivity index (χ4v) is 6.09. The van der Waals surface area contributed by atoms with Gasteiger partial charge in [-0.15, -0.1) is 4.98 Å². The lowest BCUT2D eigenvalue weighted by atomic mass is 9.71. The van der Waals surface area contributed by atoms with E-state index in [1.165, 1.54) is 0 Å². The first-order valence-corrected chi connectivity index (χ1v) is 13.9. The number of aryl methyl sites for hydroxylation is 1. The van der Waals surface area contributed by atoms with E-state index in [-0.39, 0.29) is 23.9 Å². The number of hydrogen-bond donors (Lipinski definition) is 2. The van der Waals surface area contributed by atoms with Gasteiger partial charge in [0.05, 0.1) is 23.9 Å². The van der Waals surface area contributed by atoms with Gasteiger partial charge < -0.3 is 14.5 Å². The Morgan fingerprint density at radius 1 is 1.17 bits per heavy atom. The molecule has 4 heterocycles. The first-order chi connectivity index (χ1) is 20.3. The number of carbonyl (C=O) groups excluding carboxylic acids is 2. The maximum absolute atomic E-state index is 13.8. The van der Waals surface area contributed by atoms with Gasteiger partial charge in [-0.25, -0.2) is 9.59 Å². The van der Waals surface area contributed by atoms with Crippen LogP contribution < -0.4 is 10.3 Å². The van der Waals surface area contributed by atoms with E-state index in [0.717, 1.165) is 32.9 Å². The van der Waals surface area contributed by atoms with Gasteiger partial charge in [-0.1, -0.05) is 31.2 Å². The lowest BCUT2D eigenvalue weighted by molar-refractivity contribution is 0.0318. The molecule has 0 spiro atoms. The van der Waals surface area contributed by atoms with Crippen LogP contribution in [-0.4, -0.2) is 55.4 Å². The molecule has 1 saturated heterocycles. The van der Waals surface area contributed by atoms with Crippen molar-refractivity contribution < 1.29 is 23.6 Å². The quantitative estimate of drug-likeness (QED) is 0.269. The van der Waals surface area contributed by atoms with Gasteiger partial charge in [-0.3, -0.25) is 19.3 Å². The number of aromatic amines is 2. The molecule has 12 heteroatoms. The minimum atomic E-state index is -0.849. The molecule has 0 radical (unpaired) electrons. The van der Waals surface area contributed by atoms with Crippen LogP contribution in [0.1, 0.15) is 66.3 Å². The van der Waals surface area contributed by atoms with Crippen molar-refractivity contribution in [1.29, 1.82) is 0 Å². The molecule has 2 N–H and O–H groups in total. The molecular weight excluding hydrogens is 540 g/mol. The minimum absolute atomic E-state index is 0.136. The molecule has 0 bridgehead atoms. The molecule has 1 amide bonds. The maximum Gasteiger partial charge on any atom is 0.427 e. The van der Waals surface area contributed by atoms with Crippen LogP contribution in [0.15, 0.2) is 58.0 Å². The van der Waals surface area contributed by atoms with Crippen molar-refractivity contribution in [3.63, 3.8) is 0 Å². The molecule has 5 aromatic rings. The Hall–Kier alpha value is -5.00. The zero-order valence-electron chi connectivity index (χ0n) is 23.5. The summed E-state index contributed by atoms with van der Waals surface area (Å²) in [6, 6.07) is 13.7. The first-order valence-electron chi connectivity index (χ1n) is 13.9. The number of ether oxygens (including phenoxy) is 2. The Kier molecular flexibility index (Phi) is 6.97. The molecular formula is C30H30N6O6. The van der Waals surface area contributed by atoms with E-state index in [0.29, 0.717) is 31.4 Å². The van der Waals surface area contributed by atoms with Crippen LogP contribution in [-0.2, 0) is 10.3 Å². The minimum Gasteiger partial charge on any atom is -0.460 e. The predicted octanol–water partition coefficient (Wildman–Crippen LogP) is 4.96. The Morgan fingerprint density at radius 3 is 2.81 bits per heavy atom. The van der Waals surface area contributed by atoms with Crippen molar-refractivity contribution in [2.45, 2.75) is 51.5 Å². The Morgan fingerprint density at radius 2 is 2.00 bits per heavy atom. The van der Waals surface area contributed by atoms with Gasteiger partial charge in [0.15, 0.2) is 0 Å². The highest BCUT2D eigenvalue weighted by Gasteiger charge is 2.47. The monoisotopic (exact) mass is 570 g/mol. The zero-order chi connectivity index (χ0) is 29.4. The summed E-state index contributed by atoms with van der Waals surface area (Å²) >= 11 is 0. The van der Waals surface area contributed by atoms with Crippen LogP contribution in [0.3, 0.4) is 0 Å². The summed E-state index contributed by atoms with van der Waals surface area (Å²) < 4.78 is 15.4. The molecule has 2 aromatic carbocycles. The standard InChI is InChI=1S/C30H30N6O6/c1-4-30(21-12-17(3)24-20(13-21)16-31-34-24)15-19(22-14-18-8-6-7-9-23(18)32-26(22)37)10-11-36(30)29(39)41-28-33-25(35-42-28)27(38)40-5-2/h6-9,12-14,16,19H,4-5,10-11,15H2,1-3H3,(H,31,34)(H,32,37)/t19?,30-/m1/s1. The highest BCUT2D eigenvalue weighted by Crippen LogP contribution is 2.47. The molecule has 0 aliphatic carbocycles. The lowest BCUT2D eigenvalue weighted by Gasteiger charge is -2.49. The molecule has 0 saturated carbocycles. The SMILES string of the molecule is CCOC(=O)c1noc(OC(=O)N2CCC(c3cc4ccccc4[nH]c3=O)C[C@]2(CC)c2cc(C)c3[nH]ncc3c2)n1. The summed E-state index contributed by atoms with van der Waals surface area (Å²) in [6.45, 7) is 6.08. The molecule has 1 aliphatic heterocycles. The van der Waals surface area contributed by atoms with Crippen LogP contribution in [0.25, 0.3) is 21.8 Å². The van der Waals surface area contributed by atoms with Gasteiger partial charge >= 0.3 is 18.1 Å². The van der Waals surface area contributed by atoms with E-state index in [1.54, 1.807) is 18.0 Å². The predicted molar refractivity (Wildman–Crippen MR) is 152 cm³/mol. The third-order valence-corrected chi connectivity index (χ3v) is 8.15. The third kappa shape index (κ3) is 4.68. The van der Waals surface area contributed by atoms with Crippen molar-refractivity contribution in [1.82, 2.24) is 30.2 Å². The molecule has 42 heavy (non-hydrogen) atoms. The van der Waals surface area contributed by atoms with Gasteiger partial charge in [-0.2, -0.15) is 5.10 Å². The second-order valence-electron chi connectivity index (χ2n) is 10.5. The summed E-state index contributed by atoms with van der Waals surface area (Å²) in [5, 5.41) is 12.7. The number of carbonyl (C=O) groups is 2. The van der Waals surface area contributed by atoms with E-state index in [9.17, 15) is 14.4 Å². The molecule has 1 unspecified atom stereocenters. The smallest absolute Gasteiger partial charge is 0.427 e. The van der Waals surface area contributed by atoms with Crippen LogP contribution >= 0.6 is 0 Å². The van der Waals surface area contributed by atoms with Crippen molar-refractivity contribution >= 4 is 33.9 Å². The number of esters is 1. The Labute approximate surface area is 240 Å². The molecule has 2 atom stereocenters. The van der Waals surface area contributed by atoms with Crippen LogP contribution in [0.5, 0.6) is 6.08 Å². The number of pyridine rings is 1. The van der Waals surface area contributed by atoms with Crippen LogP contribution in [0, 0.1) is 6.92 Å². The molecule has 1 fully saturated rings. The molecule has 1 aliphatic rings. The summed E-state index contributed by atoms with van der Waals surface area (Å²) in [4.78, 5) is 47.6. The van der Waals surface area contributed by atoms with E-state index < -0.39 is 23.7 Å². The second-order valence-corrected chi connectivity index (χ2v) is 10.5. The maximum atomic E-state index is 13.8. The highest BCUT2D eigenvalue weighted by atomic mass is 16.7. The average molecular weight is 571 g/mol.